The van der Waals surface area contributed by atoms with Crippen molar-refractivity contribution in [3.05, 3.63) is 23.7 Å². The third-order valence-electron chi connectivity index (χ3n) is 3.76. The summed E-state index contributed by atoms with van der Waals surface area (Å²) in [7, 11) is 1.66. The molecule has 0 bridgehead atoms. The monoisotopic (exact) mass is 455 g/mol. The van der Waals surface area contributed by atoms with E-state index in [1.165, 1.54) is 0 Å². The summed E-state index contributed by atoms with van der Waals surface area (Å²) in [6.07, 6.45) is 0.783. The van der Waals surface area contributed by atoms with Crippen LogP contribution in [-0.2, 0) is 5.60 Å². The fourth-order valence-electron chi connectivity index (χ4n) is 2.27. The second kappa shape index (κ2) is 8.59. The molecule has 132 valence electrons. The van der Waals surface area contributed by atoms with Crippen molar-refractivity contribution in [2.24, 2.45) is 4.99 Å². The Bertz CT molecular complexity index is 528. The SMILES string of the molecule is CN=C(NCC1(O)CCSC1)NCC(C)(O)c1ccc(C)o1.I. The van der Waals surface area contributed by atoms with Crippen LogP contribution in [-0.4, -0.2) is 53.4 Å². The number of hydrogen-bond acceptors (Lipinski definition) is 5. The van der Waals surface area contributed by atoms with Crippen LogP contribution >= 0.6 is 35.7 Å². The average Bonchev–Trinajstić information content (AvgIpc) is 3.09. The van der Waals surface area contributed by atoms with Crippen molar-refractivity contribution < 1.29 is 14.6 Å². The van der Waals surface area contributed by atoms with E-state index in [1.807, 2.05) is 13.0 Å². The molecule has 4 N–H and O–H groups in total. The van der Waals surface area contributed by atoms with Gasteiger partial charge in [0.05, 0.1) is 12.1 Å². The van der Waals surface area contributed by atoms with Gasteiger partial charge in [-0.05, 0) is 38.2 Å². The minimum atomic E-state index is -1.13. The Morgan fingerprint density at radius 3 is 2.74 bits per heavy atom. The molecule has 1 fully saturated rings. The lowest BCUT2D eigenvalue weighted by Crippen LogP contribution is -2.49. The van der Waals surface area contributed by atoms with E-state index in [9.17, 15) is 10.2 Å². The van der Waals surface area contributed by atoms with E-state index in [-0.39, 0.29) is 30.5 Å². The molecule has 1 aromatic rings. The van der Waals surface area contributed by atoms with E-state index in [0.29, 0.717) is 18.3 Å². The highest BCUT2D eigenvalue weighted by Crippen LogP contribution is 2.27. The summed E-state index contributed by atoms with van der Waals surface area (Å²) >= 11 is 1.75. The maximum Gasteiger partial charge on any atom is 0.191 e. The number of halogens is 1. The lowest BCUT2D eigenvalue weighted by atomic mass is 10.0. The topological polar surface area (TPSA) is 90.0 Å². The molecule has 23 heavy (non-hydrogen) atoms. The summed E-state index contributed by atoms with van der Waals surface area (Å²) in [5, 5.41) is 27.0. The molecular weight excluding hydrogens is 429 g/mol. The quantitative estimate of drug-likeness (QED) is 0.305. The average molecular weight is 455 g/mol. The van der Waals surface area contributed by atoms with Crippen LogP contribution < -0.4 is 10.6 Å². The molecule has 2 rings (SSSR count). The lowest BCUT2D eigenvalue weighted by molar-refractivity contribution is 0.0375. The molecule has 0 aliphatic carbocycles. The summed E-state index contributed by atoms with van der Waals surface area (Å²) in [4.78, 5) is 4.12. The molecule has 0 saturated carbocycles. The maximum absolute atomic E-state index is 10.5. The largest absolute Gasteiger partial charge is 0.463 e. The first-order valence-electron chi connectivity index (χ1n) is 7.39. The summed E-state index contributed by atoms with van der Waals surface area (Å²) in [5.74, 6) is 3.54. The smallest absolute Gasteiger partial charge is 0.191 e. The van der Waals surface area contributed by atoms with Crippen LogP contribution in [0.15, 0.2) is 21.5 Å². The number of nitrogens with zero attached hydrogens (tertiary/aromatic N) is 1. The van der Waals surface area contributed by atoms with Crippen LogP contribution in [0.4, 0.5) is 0 Å². The number of nitrogens with one attached hydrogen (secondary N) is 2. The van der Waals surface area contributed by atoms with Crippen LogP contribution in [0.1, 0.15) is 24.9 Å². The van der Waals surface area contributed by atoms with Gasteiger partial charge < -0.3 is 25.3 Å². The van der Waals surface area contributed by atoms with Crippen LogP contribution in [0.3, 0.4) is 0 Å². The number of guanidine groups is 1. The number of thioether (sulfide) groups is 1. The zero-order valence-electron chi connectivity index (χ0n) is 13.8. The number of rotatable bonds is 5. The van der Waals surface area contributed by atoms with Gasteiger partial charge in [-0.15, -0.1) is 24.0 Å². The van der Waals surface area contributed by atoms with E-state index in [1.54, 1.807) is 31.8 Å². The van der Waals surface area contributed by atoms with Crippen LogP contribution in [0.25, 0.3) is 0 Å². The number of aliphatic hydroxyl groups is 2. The minimum Gasteiger partial charge on any atom is -0.463 e. The lowest BCUT2D eigenvalue weighted by Gasteiger charge is -2.25. The first kappa shape index (κ1) is 20.6. The molecular formula is C15H26IN3O3S. The zero-order valence-corrected chi connectivity index (χ0v) is 16.9. The number of furan rings is 1. The molecule has 2 unspecified atom stereocenters. The summed E-state index contributed by atoms with van der Waals surface area (Å²) in [6.45, 7) is 4.23. The van der Waals surface area contributed by atoms with Gasteiger partial charge in [0.25, 0.3) is 0 Å². The van der Waals surface area contributed by atoms with Gasteiger partial charge in [-0.2, -0.15) is 11.8 Å². The van der Waals surface area contributed by atoms with Crippen molar-refractivity contribution in [3.8, 4) is 0 Å². The van der Waals surface area contributed by atoms with Gasteiger partial charge in [-0.25, -0.2) is 0 Å². The van der Waals surface area contributed by atoms with Crippen molar-refractivity contribution in [2.75, 3.05) is 31.6 Å². The van der Waals surface area contributed by atoms with Crippen LogP contribution in [0, 0.1) is 6.92 Å². The molecule has 1 aliphatic heterocycles. The van der Waals surface area contributed by atoms with E-state index >= 15 is 0 Å². The standard InChI is InChI=1S/C15H25N3O3S.HI/c1-11-4-5-12(21-11)14(2,19)8-17-13(16-3)18-9-15(20)6-7-22-10-15;/h4-5,19-20H,6-10H2,1-3H3,(H2,16,17,18);1H. The van der Waals surface area contributed by atoms with Crippen LogP contribution in [0.5, 0.6) is 0 Å². The fourth-order valence-corrected chi connectivity index (χ4v) is 3.57. The van der Waals surface area contributed by atoms with Crippen molar-refractivity contribution in [3.63, 3.8) is 0 Å². The van der Waals surface area contributed by atoms with E-state index in [0.717, 1.165) is 23.7 Å². The predicted molar refractivity (Wildman–Crippen MR) is 105 cm³/mol. The zero-order chi connectivity index (χ0) is 16.2. The second-order valence-corrected chi connectivity index (χ2v) is 7.10. The molecule has 0 amide bonds. The van der Waals surface area contributed by atoms with Gasteiger partial charge in [-0.3, -0.25) is 4.99 Å². The highest BCUT2D eigenvalue weighted by atomic mass is 127. The number of hydrogen-bond donors (Lipinski definition) is 4. The number of aliphatic imine (C=N–C) groups is 1. The molecule has 1 saturated heterocycles. The van der Waals surface area contributed by atoms with Gasteiger partial charge in [0.1, 0.15) is 17.1 Å². The molecule has 8 heteroatoms. The van der Waals surface area contributed by atoms with Crippen LogP contribution in [0.2, 0.25) is 0 Å². The van der Waals surface area contributed by atoms with Gasteiger partial charge in [0.2, 0.25) is 0 Å². The summed E-state index contributed by atoms with van der Waals surface area (Å²) in [5.41, 5.74) is -1.81. The Morgan fingerprint density at radius 1 is 1.48 bits per heavy atom. The van der Waals surface area contributed by atoms with Crippen molar-refractivity contribution in [1.82, 2.24) is 10.6 Å². The number of aryl methyl sites for hydroxylation is 1. The minimum absolute atomic E-state index is 0. The first-order valence-corrected chi connectivity index (χ1v) is 8.54. The summed E-state index contributed by atoms with van der Waals surface area (Å²) in [6, 6.07) is 3.59. The van der Waals surface area contributed by atoms with Gasteiger partial charge in [-0.1, -0.05) is 0 Å². The molecule has 1 aliphatic rings. The Balaban J connectivity index is 0.00000264. The van der Waals surface area contributed by atoms with E-state index < -0.39 is 11.2 Å². The third-order valence-corrected chi connectivity index (χ3v) is 5.00. The summed E-state index contributed by atoms with van der Waals surface area (Å²) < 4.78 is 5.48. The first-order chi connectivity index (χ1) is 10.3. The third kappa shape index (κ3) is 5.84. The predicted octanol–water partition coefficient (Wildman–Crippen LogP) is 1.45. The normalized spacial score (nSPS) is 24.0. The van der Waals surface area contributed by atoms with Crippen molar-refractivity contribution in [2.45, 2.75) is 31.5 Å². The molecule has 6 nitrogen and oxygen atoms in total. The molecule has 1 aromatic heterocycles. The highest BCUT2D eigenvalue weighted by Gasteiger charge is 2.32. The van der Waals surface area contributed by atoms with E-state index in [4.69, 9.17) is 4.42 Å². The molecule has 0 radical (unpaired) electrons. The second-order valence-electron chi connectivity index (χ2n) is 5.99. The van der Waals surface area contributed by atoms with E-state index in [2.05, 4.69) is 15.6 Å². The molecule has 2 heterocycles. The molecule has 0 spiro atoms. The Hall–Kier alpha value is -0.450. The Labute approximate surface area is 158 Å². The highest BCUT2D eigenvalue weighted by molar-refractivity contribution is 14.0. The Morgan fingerprint density at radius 2 is 2.22 bits per heavy atom. The van der Waals surface area contributed by atoms with Gasteiger partial charge in [0, 0.05) is 19.3 Å². The molecule has 2 atom stereocenters. The molecule has 0 aromatic carbocycles. The maximum atomic E-state index is 10.5. The van der Waals surface area contributed by atoms with Crippen molar-refractivity contribution in [1.29, 1.82) is 0 Å². The van der Waals surface area contributed by atoms with Gasteiger partial charge in [0.15, 0.2) is 5.96 Å². The fraction of sp³-hybridized carbons (Fsp3) is 0.667. The van der Waals surface area contributed by atoms with Gasteiger partial charge >= 0.3 is 0 Å². The van der Waals surface area contributed by atoms with Crippen molar-refractivity contribution >= 4 is 41.7 Å². The Kier molecular flexibility index (Phi) is 7.69.